The first-order valence-corrected chi connectivity index (χ1v) is 4.60. The molecule has 17 heavy (non-hydrogen) atoms. The zero-order chi connectivity index (χ0) is 12.6. The highest BCUT2D eigenvalue weighted by Gasteiger charge is 2.31. The van der Waals surface area contributed by atoms with Gasteiger partial charge in [0.25, 0.3) is 0 Å². The first kappa shape index (κ1) is 11.6. The monoisotopic (exact) mass is 245 g/mol. The highest BCUT2D eigenvalue weighted by molar-refractivity contribution is 5.56. The number of aromatic nitrogens is 3. The minimum atomic E-state index is -4.59. The summed E-state index contributed by atoms with van der Waals surface area (Å²) in [6, 6.07) is 2.22. The molecule has 0 saturated heterocycles. The Morgan fingerprint density at radius 2 is 1.88 bits per heavy atom. The first-order chi connectivity index (χ1) is 7.86. The van der Waals surface area contributed by atoms with Crippen molar-refractivity contribution >= 4 is 0 Å². The van der Waals surface area contributed by atoms with Gasteiger partial charge < -0.3 is 0 Å². The molecule has 0 radical (unpaired) electrons. The fourth-order valence-corrected chi connectivity index (χ4v) is 1.35. The maximum absolute atomic E-state index is 13.1. The lowest BCUT2D eigenvalue weighted by Gasteiger charge is -2.07. The van der Waals surface area contributed by atoms with Crippen LogP contribution < -0.4 is 0 Å². The predicted molar refractivity (Wildman–Crippen MR) is 51.4 cm³/mol. The molecule has 0 aliphatic heterocycles. The Balaban J connectivity index is 2.52. The quantitative estimate of drug-likeness (QED) is 0.723. The van der Waals surface area contributed by atoms with Gasteiger partial charge in [-0.2, -0.15) is 18.3 Å². The Morgan fingerprint density at radius 1 is 1.18 bits per heavy atom. The van der Waals surface area contributed by atoms with Crippen LogP contribution in [0.4, 0.5) is 17.6 Å². The van der Waals surface area contributed by atoms with Gasteiger partial charge in [0.2, 0.25) is 0 Å². The number of hydrogen-bond acceptors (Lipinski definition) is 2. The van der Waals surface area contributed by atoms with Gasteiger partial charge in [-0.05, 0) is 18.2 Å². The van der Waals surface area contributed by atoms with Crippen molar-refractivity contribution in [3.05, 3.63) is 35.9 Å². The summed E-state index contributed by atoms with van der Waals surface area (Å²) < 4.78 is 51.8. The van der Waals surface area contributed by atoms with Gasteiger partial charge in [0.15, 0.2) is 5.82 Å². The van der Waals surface area contributed by atoms with E-state index in [-0.39, 0.29) is 11.4 Å². The van der Waals surface area contributed by atoms with Crippen LogP contribution in [0, 0.1) is 5.82 Å². The van der Waals surface area contributed by atoms with Gasteiger partial charge in [0.1, 0.15) is 12.1 Å². The van der Waals surface area contributed by atoms with E-state index in [1.54, 1.807) is 7.05 Å². The molecule has 0 amide bonds. The minimum Gasteiger partial charge on any atom is -0.255 e. The maximum atomic E-state index is 13.1. The number of rotatable bonds is 1. The van der Waals surface area contributed by atoms with E-state index in [1.807, 2.05) is 0 Å². The molecular formula is C10H7F4N3. The number of alkyl halides is 3. The predicted octanol–water partition coefficient (Wildman–Crippen LogP) is 2.64. The normalized spacial score (nSPS) is 11.8. The zero-order valence-electron chi connectivity index (χ0n) is 8.66. The van der Waals surface area contributed by atoms with Crippen LogP contribution in [0.5, 0.6) is 0 Å². The van der Waals surface area contributed by atoms with Crippen molar-refractivity contribution in [2.45, 2.75) is 6.18 Å². The second kappa shape index (κ2) is 3.83. The first-order valence-electron chi connectivity index (χ1n) is 4.60. The third-order valence-corrected chi connectivity index (χ3v) is 2.08. The highest BCUT2D eigenvalue weighted by Crippen LogP contribution is 2.32. The Morgan fingerprint density at radius 3 is 2.41 bits per heavy atom. The molecule has 3 nitrogen and oxygen atoms in total. The van der Waals surface area contributed by atoms with E-state index in [2.05, 4.69) is 10.1 Å². The largest absolute Gasteiger partial charge is 0.416 e. The van der Waals surface area contributed by atoms with Crippen LogP contribution >= 0.6 is 0 Å². The van der Waals surface area contributed by atoms with Gasteiger partial charge in [-0.3, -0.25) is 4.68 Å². The van der Waals surface area contributed by atoms with Crippen molar-refractivity contribution in [1.82, 2.24) is 14.8 Å². The molecule has 1 aromatic carbocycles. The molecule has 90 valence electrons. The zero-order valence-corrected chi connectivity index (χ0v) is 8.66. The summed E-state index contributed by atoms with van der Waals surface area (Å²) in [7, 11) is 1.57. The second-order valence-electron chi connectivity index (χ2n) is 3.47. The Bertz CT molecular complexity index is 545. The molecule has 0 bridgehead atoms. The van der Waals surface area contributed by atoms with Crippen LogP contribution in [0.3, 0.4) is 0 Å². The molecule has 2 rings (SSSR count). The lowest BCUT2D eigenvalue weighted by atomic mass is 10.1. The average Bonchev–Trinajstić information content (AvgIpc) is 2.62. The summed E-state index contributed by atoms with van der Waals surface area (Å²) in [4.78, 5) is 3.77. The number of aryl methyl sites for hydroxylation is 1. The van der Waals surface area contributed by atoms with E-state index < -0.39 is 17.6 Å². The molecule has 7 heteroatoms. The molecule has 1 aromatic heterocycles. The van der Waals surface area contributed by atoms with Crippen LogP contribution in [0.15, 0.2) is 24.5 Å². The molecule has 0 spiro atoms. The van der Waals surface area contributed by atoms with Gasteiger partial charge in [-0.1, -0.05) is 0 Å². The van der Waals surface area contributed by atoms with Crippen molar-refractivity contribution in [3.8, 4) is 11.4 Å². The van der Waals surface area contributed by atoms with E-state index in [0.717, 1.165) is 12.1 Å². The lowest BCUT2D eigenvalue weighted by Crippen LogP contribution is -2.05. The SMILES string of the molecule is Cn1cnc(-c2cc(F)cc(C(F)(F)F)c2)n1. The standard InChI is InChI=1S/C10H7F4N3/c1-17-5-15-9(16-17)6-2-7(10(12,13)14)4-8(11)3-6/h2-5H,1H3. The summed E-state index contributed by atoms with van der Waals surface area (Å²) >= 11 is 0. The molecule has 0 N–H and O–H groups in total. The smallest absolute Gasteiger partial charge is 0.255 e. The molecule has 0 saturated carbocycles. The van der Waals surface area contributed by atoms with Crippen LogP contribution in [-0.4, -0.2) is 14.8 Å². The van der Waals surface area contributed by atoms with Gasteiger partial charge in [-0.25, -0.2) is 9.37 Å². The summed E-state index contributed by atoms with van der Waals surface area (Å²) in [6.07, 6.45) is -3.26. The van der Waals surface area contributed by atoms with Gasteiger partial charge in [0, 0.05) is 12.6 Å². The highest BCUT2D eigenvalue weighted by atomic mass is 19.4. The van der Waals surface area contributed by atoms with Crippen molar-refractivity contribution in [3.63, 3.8) is 0 Å². The van der Waals surface area contributed by atoms with E-state index in [9.17, 15) is 17.6 Å². The average molecular weight is 245 g/mol. The van der Waals surface area contributed by atoms with Crippen molar-refractivity contribution in [1.29, 1.82) is 0 Å². The van der Waals surface area contributed by atoms with Crippen molar-refractivity contribution in [2.75, 3.05) is 0 Å². The lowest BCUT2D eigenvalue weighted by molar-refractivity contribution is -0.137. The van der Waals surface area contributed by atoms with E-state index in [4.69, 9.17) is 0 Å². The fourth-order valence-electron chi connectivity index (χ4n) is 1.35. The minimum absolute atomic E-state index is 0.00192. The fraction of sp³-hybridized carbons (Fsp3) is 0.200. The van der Waals surface area contributed by atoms with E-state index in [1.165, 1.54) is 11.0 Å². The number of nitrogens with zero attached hydrogens (tertiary/aromatic N) is 3. The second-order valence-corrected chi connectivity index (χ2v) is 3.47. The summed E-state index contributed by atoms with van der Waals surface area (Å²) in [6.45, 7) is 0. The maximum Gasteiger partial charge on any atom is 0.416 e. The molecule has 0 atom stereocenters. The van der Waals surface area contributed by atoms with Crippen LogP contribution in [0.2, 0.25) is 0 Å². The topological polar surface area (TPSA) is 30.7 Å². The van der Waals surface area contributed by atoms with Crippen LogP contribution in [-0.2, 0) is 13.2 Å². The molecule has 0 fully saturated rings. The van der Waals surface area contributed by atoms with E-state index in [0.29, 0.717) is 6.07 Å². The number of benzene rings is 1. The molecule has 0 unspecified atom stereocenters. The third-order valence-electron chi connectivity index (χ3n) is 2.08. The van der Waals surface area contributed by atoms with Crippen LogP contribution in [0.25, 0.3) is 11.4 Å². The summed E-state index contributed by atoms with van der Waals surface area (Å²) in [5.41, 5.74) is -1.06. The summed E-state index contributed by atoms with van der Waals surface area (Å²) in [5.74, 6) is -0.917. The molecule has 2 aromatic rings. The third kappa shape index (κ3) is 2.43. The molecule has 0 aliphatic carbocycles. The Hall–Kier alpha value is -1.92. The Kier molecular flexibility index (Phi) is 2.60. The van der Waals surface area contributed by atoms with Crippen molar-refractivity contribution in [2.24, 2.45) is 7.05 Å². The molecule has 1 heterocycles. The molecule has 0 aliphatic rings. The summed E-state index contributed by atoms with van der Waals surface area (Å²) in [5, 5.41) is 3.82. The number of halogens is 4. The number of hydrogen-bond donors (Lipinski definition) is 0. The van der Waals surface area contributed by atoms with E-state index >= 15 is 0 Å². The van der Waals surface area contributed by atoms with Crippen molar-refractivity contribution < 1.29 is 17.6 Å². The van der Waals surface area contributed by atoms with Gasteiger partial charge >= 0.3 is 6.18 Å². The Labute approximate surface area is 93.7 Å². The van der Waals surface area contributed by atoms with Crippen LogP contribution in [0.1, 0.15) is 5.56 Å². The van der Waals surface area contributed by atoms with Gasteiger partial charge in [-0.15, -0.1) is 0 Å². The molecular weight excluding hydrogens is 238 g/mol. The van der Waals surface area contributed by atoms with Gasteiger partial charge in [0.05, 0.1) is 5.56 Å².